The summed E-state index contributed by atoms with van der Waals surface area (Å²) in [6.07, 6.45) is 3.96. The average Bonchev–Trinajstić information content (AvgIpc) is 2.33. The van der Waals surface area contributed by atoms with Crippen LogP contribution in [0.1, 0.15) is 39.0 Å². The number of ether oxygens (including phenoxy) is 1. The van der Waals surface area contributed by atoms with Gasteiger partial charge in [-0.15, -0.1) is 0 Å². The number of carbonyl (C=O) groups excluding carboxylic acids is 1. The van der Waals surface area contributed by atoms with Crippen molar-refractivity contribution in [1.29, 1.82) is 0 Å². The Kier molecular flexibility index (Phi) is 7.23. The van der Waals surface area contributed by atoms with E-state index < -0.39 is 6.10 Å². The van der Waals surface area contributed by atoms with E-state index in [1.807, 2.05) is 6.92 Å². The summed E-state index contributed by atoms with van der Waals surface area (Å²) in [4.78, 5) is 13.4. The Morgan fingerprint density at radius 2 is 2.22 bits per heavy atom. The van der Waals surface area contributed by atoms with Gasteiger partial charge in [-0.3, -0.25) is 4.79 Å². The van der Waals surface area contributed by atoms with Crippen molar-refractivity contribution in [2.45, 2.75) is 51.2 Å². The van der Waals surface area contributed by atoms with Crippen LogP contribution in [0.5, 0.6) is 0 Å². The van der Waals surface area contributed by atoms with E-state index in [2.05, 4.69) is 4.90 Å². The van der Waals surface area contributed by atoms with Gasteiger partial charge in [0.25, 0.3) is 0 Å². The minimum absolute atomic E-state index is 0.0648. The summed E-state index contributed by atoms with van der Waals surface area (Å²) in [6, 6.07) is -0.0648. The molecule has 0 aromatic heterocycles. The van der Waals surface area contributed by atoms with Crippen LogP contribution in [-0.2, 0) is 9.53 Å². The number of esters is 1. The number of hydrogen-bond acceptors (Lipinski definition) is 5. The fourth-order valence-corrected chi connectivity index (χ4v) is 2.23. The van der Waals surface area contributed by atoms with Gasteiger partial charge < -0.3 is 20.5 Å². The monoisotopic (exact) mass is 258 g/mol. The molecule has 1 aliphatic rings. The topological polar surface area (TPSA) is 75.8 Å². The van der Waals surface area contributed by atoms with Crippen LogP contribution in [0.4, 0.5) is 0 Å². The Balaban J connectivity index is 1.99. The molecule has 1 rings (SSSR count). The molecular formula is C13H26N2O3. The van der Waals surface area contributed by atoms with E-state index in [-0.39, 0.29) is 12.0 Å². The van der Waals surface area contributed by atoms with Crippen molar-refractivity contribution in [3.63, 3.8) is 0 Å². The van der Waals surface area contributed by atoms with Crippen molar-refractivity contribution in [1.82, 2.24) is 4.90 Å². The fourth-order valence-electron chi connectivity index (χ4n) is 2.23. The van der Waals surface area contributed by atoms with Crippen LogP contribution in [0.15, 0.2) is 0 Å². The number of hydrogen-bond donors (Lipinski definition) is 2. The Labute approximate surface area is 109 Å². The normalized spacial score (nSPS) is 25.1. The van der Waals surface area contributed by atoms with Gasteiger partial charge in [0.2, 0.25) is 0 Å². The molecule has 0 aliphatic carbocycles. The molecule has 0 unspecified atom stereocenters. The number of nitrogens with two attached hydrogens (primary N) is 1. The zero-order chi connectivity index (χ0) is 13.4. The summed E-state index contributed by atoms with van der Waals surface area (Å²) < 4.78 is 4.87. The Hall–Kier alpha value is -0.650. The van der Waals surface area contributed by atoms with Crippen LogP contribution in [0.25, 0.3) is 0 Å². The van der Waals surface area contributed by atoms with E-state index in [4.69, 9.17) is 10.5 Å². The van der Waals surface area contributed by atoms with E-state index in [0.717, 1.165) is 38.8 Å². The number of rotatable bonds is 7. The van der Waals surface area contributed by atoms with Gasteiger partial charge in [-0.25, -0.2) is 0 Å². The highest BCUT2D eigenvalue weighted by molar-refractivity contribution is 5.69. The Morgan fingerprint density at radius 1 is 1.44 bits per heavy atom. The van der Waals surface area contributed by atoms with Crippen molar-refractivity contribution in [3.05, 3.63) is 0 Å². The van der Waals surface area contributed by atoms with E-state index in [1.165, 1.54) is 0 Å². The lowest BCUT2D eigenvalue weighted by Gasteiger charge is -2.34. The minimum atomic E-state index is -0.390. The van der Waals surface area contributed by atoms with E-state index in [9.17, 15) is 9.90 Å². The summed E-state index contributed by atoms with van der Waals surface area (Å²) >= 11 is 0. The fraction of sp³-hybridized carbons (Fsp3) is 0.923. The number of aliphatic hydroxyl groups is 1. The molecule has 0 spiro atoms. The van der Waals surface area contributed by atoms with E-state index in [1.54, 1.807) is 0 Å². The predicted octanol–water partition coefficient (Wildman–Crippen LogP) is 0.504. The van der Waals surface area contributed by atoms with Crippen LogP contribution in [-0.4, -0.2) is 54.4 Å². The summed E-state index contributed by atoms with van der Waals surface area (Å²) in [5.74, 6) is -0.100. The van der Waals surface area contributed by atoms with E-state index >= 15 is 0 Å². The van der Waals surface area contributed by atoms with Crippen molar-refractivity contribution < 1.29 is 14.6 Å². The molecule has 0 aromatic carbocycles. The molecule has 1 saturated heterocycles. The van der Waals surface area contributed by atoms with Gasteiger partial charge in [0.05, 0.1) is 12.7 Å². The highest BCUT2D eigenvalue weighted by Gasteiger charge is 2.23. The molecule has 0 bridgehead atoms. The molecule has 1 fully saturated rings. The lowest BCUT2D eigenvalue weighted by Crippen LogP contribution is -2.50. The molecule has 1 heterocycles. The zero-order valence-corrected chi connectivity index (χ0v) is 11.3. The van der Waals surface area contributed by atoms with Gasteiger partial charge in [0.1, 0.15) is 0 Å². The number of aliphatic hydroxyl groups excluding tert-OH is 1. The van der Waals surface area contributed by atoms with Crippen molar-refractivity contribution in [2.24, 2.45) is 5.73 Å². The molecule has 0 saturated carbocycles. The first kappa shape index (κ1) is 15.4. The number of likely N-dealkylation sites (tertiary alicyclic amines) is 1. The van der Waals surface area contributed by atoms with Crippen LogP contribution in [0, 0.1) is 0 Å². The van der Waals surface area contributed by atoms with Crippen LogP contribution < -0.4 is 5.73 Å². The van der Waals surface area contributed by atoms with Gasteiger partial charge >= 0.3 is 5.97 Å². The standard InChI is InChI=1S/C13H26N2O3/c1-2-18-13(17)6-4-3-5-8-15-9-7-11(14)12(16)10-15/h11-12,16H,2-10,14H2,1H3/t11-,12+/m1/s1. The molecule has 5 nitrogen and oxygen atoms in total. The number of unbranched alkanes of at least 4 members (excludes halogenated alkanes) is 2. The molecular weight excluding hydrogens is 232 g/mol. The number of carbonyl (C=O) groups is 1. The maximum absolute atomic E-state index is 11.1. The molecule has 1 aliphatic heterocycles. The SMILES string of the molecule is CCOC(=O)CCCCCN1CC[C@@H](N)[C@@H](O)C1. The van der Waals surface area contributed by atoms with Crippen molar-refractivity contribution in [3.8, 4) is 0 Å². The lowest BCUT2D eigenvalue weighted by molar-refractivity contribution is -0.143. The molecule has 0 radical (unpaired) electrons. The van der Waals surface area contributed by atoms with Gasteiger partial charge in [0.15, 0.2) is 0 Å². The lowest BCUT2D eigenvalue weighted by atomic mass is 10.0. The van der Waals surface area contributed by atoms with Crippen LogP contribution in [0.3, 0.4) is 0 Å². The number of piperidine rings is 1. The average molecular weight is 258 g/mol. The van der Waals surface area contributed by atoms with Gasteiger partial charge in [-0.1, -0.05) is 6.42 Å². The first-order valence-electron chi connectivity index (χ1n) is 6.95. The van der Waals surface area contributed by atoms with Crippen LogP contribution >= 0.6 is 0 Å². The van der Waals surface area contributed by atoms with E-state index in [0.29, 0.717) is 19.6 Å². The first-order chi connectivity index (χ1) is 8.63. The smallest absolute Gasteiger partial charge is 0.305 e. The minimum Gasteiger partial charge on any atom is -0.466 e. The van der Waals surface area contributed by atoms with Crippen LogP contribution in [0.2, 0.25) is 0 Å². The summed E-state index contributed by atoms with van der Waals surface area (Å²) in [6.45, 7) is 4.91. The Morgan fingerprint density at radius 3 is 2.89 bits per heavy atom. The largest absolute Gasteiger partial charge is 0.466 e. The molecule has 0 amide bonds. The maximum Gasteiger partial charge on any atom is 0.305 e. The van der Waals surface area contributed by atoms with Gasteiger partial charge in [-0.2, -0.15) is 0 Å². The number of nitrogens with zero attached hydrogens (tertiary/aromatic N) is 1. The van der Waals surface area contributed by atoms with Crippen molar-refractivity contribution in [2.75, 3.05) is 26.2 Å². The molecule has 2 atom stereocenters. The molecule has 0 aromatic rings. The third kappa shape index (κ3) is 5.80. The highest BCUT2D eigenvalue weighted by atomic mass is 16.5. The van der Waals surface area contributed by atoms with Crippen molar-refractivity contribution >= 4 is 5.97 Å². The second kappa shape index (κ2) is 8.45. The number of β-amino-alcohol motifs (C(OH)–C–C–N with tert-alkyl or cyclic N) is 1. The predicted molar refractivity (Wildman–Crippen MR) is 70.1 cm³/mol. The first-order valence-corrected chi connectivity index (χ1v) is 6.95. The second-order valence-corrected chi connectivity index (χ2v) is 4.94. The molecule has 106 valence electrons. The highest BCUT2D eigenvalue weighted by Crippen LogP contribution is 2.11. The maximum atomic E-state index is 11.1. The Bertz CT molecular complexity index is 248. The summed E-state index contributed by atoms with van der Waals surface area (Å²) in [5.41, 5.74) is 5.75. The zero-order valence-electron chi connectivity index (χ0n) is 11.3. The molecule has 3 N–H and O–H groups in total. The summed E-state index contributed by atoms with van der Waals surface area (Å²) in [7, 11) is 0. The third-order valence-electron chi connectivity index (χ3n) is 3.38. The molecule has 5 heteroatoms. The van der Waals surface area contributed by atoms with Gasteiger partial charge in [-0.05, 0) is 39.3 Å². The quantitative estimate of drug-likeness (QED) is 0.514. The third-order valence-corrected chi connectivity index (χ3v) is 3.38. The summed E-state index contributed by atoms with van der Waals surface area (Å²) in [5, 5.41) is 9.65. The van der Waals surface area contributed by atoms with Gasteiger partial charge in [0, 0.05) is 19.0 Å². The second-order valence-electron chi connectivity index (χ2n) is 4.94. The molecule has 18 heavy (non-hydrogen) atoms.